The molecule has 1 aromatic rings. The number of carbonyl (C=O) groups excluding carboxylic acids is 1. The number of nitro groups is 1. The molecule has 0 spiro atoms. The van der Waals surface area contributed by atoms with E-state index in [1.807, 2.05) is 0 Å². The molecule has 1 saturated heterocycles. The summed E-state index contributed by atoms with van der Waals surface area (Å²) in [6.45, 7) is 2.72. The van der Waals surface area contributed by atoms with Crippen LogP contribution in [0.1, 0.15) is 25.0 Å². The van der Waals surface area contributed by atoms with Crippen LogP contribution in [0.3, 0.4) is 0 Å². The van der Waals surface area contributed by atoms with Crippen LogP contribution in [0.25, 0.3) is 0 Å². The summed E-state index contributed by atoms with van der Waals surface area (Å²) >= 11 is 0. The minimum absolute atomic E-state index is 0.205. The molecule has 0 aromatic heterocycles. The van der Waals surface area contributed by atoms with Crippen molar-refractivity contribution in [3.63, 3.8) is 0 Å². The van der Waals surface area contributed by atoms with Gasteiger partial charge in [-0.15, -0.1) is 0 Å². The van der Waals surface area contributed by atoms with Crippen LogP contribution in [0.2, 0.25) is 0 Å². The molecule has 0 saturated carbocycles. The second-order valence-corrected chi connectivity index (χ2v) is 6.61. The Labute approximate surface area is 156 Å². The fourth-order valence-corrected chi connectivity index (χ4v) is 2.65. The van der Waals surface area contributed by atoms with Crippen LogP contribution >= 0.6 is 0 Å². The van der Waals surface area contributed by atoms with Gasteiger partial charge in [-0.25, -0.2) is 4.39 Å². The second-order valence-electron chi connectivity index (χ2n) is 6.61. The highest BCUT2D eigenvalue weighted by atomic mass is 19.4. The van der Waals surface area contributed by atoms with E-state index in [2.05, 4.69) is 5.32 Å². The average Bonchev–Trinajstić information content (AvgIpc) is 2.68. The van der Waals surface area contributed by atoms with E-state index >= 15 is 0 Å². The van der Waals surface area contributed by atoms with Crippen LogP contribution in [-0.2, 0) is 26.9 Å². The molecule has 2 atom stereocenters. The fourth-order valence-electron chi connectivity index (χ4n) is 2.65. The highest BCUT2D eigenvalue weighted by Gasteiger charge is 2.42. The lowest BCUT2D eigenvalue weighted by Gasteiger charge is -2.23. The van der Waals surface area contributed by atoms with E-state index in [9.17, 15) is 37.6 Å². The molecular formula is C16H18F4N2O6. The molecule has 0 radical (unpaired) electrons. The minimum Gasteiger partial charge on any atom is -0.388 e. The van der Waals surface area contributed by atoms with E-state index in [4.69, 9.17) is 9.47 Å². The quantitative estimate of drug-likeness (QED) is 0.446. The predicted molar refractivity (Wildman–Crippen MR) is 85.7 cm³/mol. The van der Waals surface area contributed by atoms with Gasteiger partial charge in [0.05, 0.1) is 36.7 Å². The summed E-state index contributed by atoms with van der Waals surface area (Å²) in [6, 6.07) is -0.136. The number of amides is 1. The number of alkyl halides is 3. The van der Waals surface area contributed by atoms with Gasteiger partial charge in [-0.1, -0.05) is 0 Å². The third-order valence-electron chi connectivity index (χ3n) is 4.07. The maximum Gasteiger partial charge on any atom is 0.423 e. The first-order valence-corrected chi connectivity index (χ1v) is 8.10. The number of nitro benzene ring substituents is 1. The minimum atomic E-state index is -5.25. The van der Waals surface area contributed by atoms with Crippen molar-refractivity contribution in [2.24, 2.45) is 0 Å². The molecule has 2 rings (SSSR count). The molecule has 1 aliphatic rings. The fraction of sp³-hybridized carbons (Fsp3) is 0.562. The van der Waals surface area contributed by atoms with Crippen molar-refractivity contribution in [3.05, 3.63) is 39.2 Å². The van der Waals surface area contributed by atoms with Gasteiger partial charge < -0.3 is 19.9 Å². The van der Waals surface area contributed by atoms with Gasteiger partial charge >= 0.3 is 6.18 Å². The summed E-state index contributed by atoms with van der Waals surface area (Å²) < 4.78 is 64.4. The molecular weight excluding hydrogens is 392 g/mol. The van der Waals surface area contributed by atoms with Crippen LogP contribution in [-0.4, -0.2) is 47.1 Å². The standard InChI is InChI=1S/C16H18F4N2O6/c1-15(2)27-6-10(12(23)7-28-15)21-13(24)5-8-9(17)3-4-11(22(25)26)14(8)16(18,19)20/h3-4,10,12,23H,5-7H2,1-2H3,(H,21,24). The molecule has 0 bridgehead atoms. The van der Waals surface area contributed by atoms with Crippen LogP contribution in [0, 0.1) is 15.9 Å². The Balaban J connectivity index is 2.26. The van der Waals surface area contributed by atoms with Crippen LogP contribution in [0.5, 0.6) is 0 Å². The van der Waals surface area contributed by atoms with E-state index in [1.54, 1.807) is 13.8 Å². The number of rotatable bonds is 4. The van der Waals surface area contributed by atoms with Crippen LogP contribution in [0.15, 0.2) is 12.1 Å². The topological polar surface area (TPSA) is 111 Å². The van der Waals surface area contributed by atoms with E-state index in [0.29, 0.717) is 12.1 Å². The monoisotopic (exact) mass is 410 g/mol. The Morgan fingerprint density at radius 2 is 1.96 bits per heavy atom. The van der Waals surface area contributed by atoms with E-state index in [0.717, 1.165) is 0 Å². The Bertz CT molecular complexity index is 768. The number of halogens is 4. The number of hydrogen-bond acceptors (Lipinski definition) is 6. The number of nitrogens with one attached hydrogen (secondary N) is 1. The van der Waals surface area contributed by atoms with E-state index in [-0.39, 0.29) is 13.2 Å². The van der Waals surface area contributed by atoms with Gasteiger partial charge in [0.15, 0.2) is 5.79 Å². The van der Waals surface area contributed by atoms with Gasteiger partial charge in [0.1, 0.15) is 11.4 Å². The summed E-state index contributed by atoms with van der Waals surface area (Å²) in [5, 5.41) is 23.1. The normalized spacial score (nSPS) is 22.4. The average molecular weight is 410 g/mol. The van der Waals surface area contributed by atoms with Crippen molar-refractivity contribution in [1.82, 2.24) is 5.32 Å². The summed E-state index contributed by atoms with van der Waals surface area (Å²) in [4.78, 5) is 21.8. The molecule has 2 unspecified atom stereocenters. The first kappa shape index (κ1) is 22.0. The van der Waals surface area contributed by atoms with Crippen LogP contribution < -0.4 is 5.32 Å². The summed E-state index contributed by atoms with van der Waals surface area (Å²) in [5.41, 5.74) is -4.33. The maximum absolute atomic E-state index is 14.0. The first-order valence-electron chi connectivity index (χ1n) is 8.10. The zero-order chi connectivity index (χ0) is 21.3. The zero-order valence-corrected chi connectivity index (χ0v) is 14.9. The van der Waals surface area contributed by atoms with Crippen molar-refractivity contribution < 1.29 is 41.9 Å². The number of hydrogen-bond donors (Lipinski definition) is 2. The molecule has 1 aliphatic heterocycles. The highest BCUT2D eigenvalue weighted by molar-refractivity contribution is 5.80. The number of aliphatic hydroxyl groups excluding tert-OH is 1. The predicted octanol–water partition coefficient (Wildman–Crippen LogP) is 1.92. The zero-order valence-electron chi connectivity index (χ0n) is 14.9. The lowest BCUT2D eigenvalue weighted by Crippen LogP contribution is -2.47. The SMILES string of the molecule is CC1(C)OCC(O)C(NC(=O)Cc2c(F)ccc([N+](=O)[O-])c2C(F)(F)F)CO1. The van der Waals surface area contributed by atoms with Crippen molar-refractivity contribution in [2.45, 2.75) is 44.4 Å². The molecule has 1 fully saturated rings. The Morgan fingerprint density at radius 3 is 2.54 bits per heavy atom. The second kappa shape index (κ2) is 7.97. The molecule has 1 amide bonds. The molecule has 8 nitrogen and oxygen atoms in total. The van der Waals surface area contributed by atoms with E-state index in [1.165, 1.54) is 0 Å². The summed E-state index contributed by atoms with van der Waals surface area (Å²) in [6.07, 6.45) is -7.58. The van der Waals surface area contributed by atoms with Crippen molar-refractivity contribution in [1.29, 1.82) is 0 Å². The lowest BCUT2D eigenvalue weighted by molar-refractivity contribution is -0.388. The molecule has 1 aromatic carbocycles. The first-order chi connectivity index (χ1) is 12.8. The maximum atomic E-state index is 14.0. The summed E-state index contributed by atoms with van der Waals surface area (Å²) in [5.74, 6) is -3.52. The molecule has 0 aliphatic carbocycles. The van der Waals surface area contributed by atoms with E-state index < -0.39 is 64.0 Å². The van der Waals surface area contributed by atoms with Crippen molar-refractivity contribution >= 4 is 11.6 Å². The number of aliphatic hydroxyl groups is 1. The van der Waals surface area contributed by atoms with Gasteiger partial charge in [0, 0.05) is 11.6 Å². The summed E-state index contributed by atoms with van der Waals surface area (Å²) in [7, 11) is 0. The Morgan fingerprint density at radius 1 is 1.36 bits per heavy atom. The lowest BCUT2D eigenvalue weighted by atomic mass is 10.0. The van der Waals surface area contributed by atoms with Gasteiger partial charge in [0.2, 0.25) is 5.91 Å². The molecule has 12 heteroatoms. The Kier molecular flexibility index (Phi) is 6.26. The van der Waals surface area contributed by atoms with Gasteiger partial charge in [-0.2, -0.15) is 13.2 Å². The smallest absolute Gasteiger partial charge is 0.388 e. The number of nitrogens with zero attached hydrogens (tertiary/aromatic N) is 1. The number of ether oxygens (including phenoxy) is 2. The third kappa shape index (κ3) is 5.14. The number of carbonyl (C=O) groups is 1. The van der Waals surface area contributed by atoms with Gasteiger partial charge in [-0.05, 0) is 19.9 Å². The van der Waals surface area contributed by atoms with Gasteiger partial charge in [0.25, 0.3) is 5.69 Å². The molecule has 1 heterocycles. The molecule has 156 valence electrons. The van der Waals surface area contributed by atoms with Crippen molar-refractivity contribution in [2.75, 3.05) is 13.2 Å². The van der Waals surface area contributed by atoms with Gasteiger partial charge in [-0.3, -0.25) is 14.9 Å². The highest BCUT2D eigenvalue weighted by Crippen LogP contribution is 2.39. The van der Waals surface area contributed by atoms with Crippen LogP contribution in [0.4, 0.5) is 23.2 Å². The third-order valence-corrected chi connectivity index (χ3v) is 4.07. The molecule has 28 heavy (non-hydrogen) atoms. The Hall–Kier alpha value is -2.31. The molecule has 2 N–H and O–H groups in total. The largest absolute Gasteiger partial charge is 0.423 e. The van der Waals surface area contributed by atoms with Crippen molar-refractivity contribution in [3.8, 4) is 0 Å². The number of benzene rings is 1.